The monoisotopic (exact) mass is 412 g/mol. The van der Waals surface area contributed by atoms with Gasteiger partial charge in [0.2, 0.25) is 5.91 Å². The molecule has 1 amide bonds. The minimum absolute atomic E-state index is 0.181. The first-order chi connectivity index (χ1) is 14.7. The molecule has 0 aliphatic carbocycles. The Labute approximate surface area is 181 Å². The maximum atomic E-state index is 13.0. The predicted octanol–water partition coefficient (Wildman–Crippen LogP) is 5.68. The molecule has 0 N–H and O–H groups in total. The van der Waals surface area contributed by atoms with Crippen molar-refractivity contribution in [3.05, 3.63) is 95.7 Å². The number of aromatic nitrogens is 1. The normalized spacial score (nSPS) is 13.0. The number of anilines is 1. The summed E-state index contributed by atoms with van der Waals surface area (Å²) in [5.74, 6) is 0.632. The molecule has 1 aliphatic rings. The molecule has 4 aromatic rings. The number of para-hydroxylation sites is 2. The summed E-state index contributed by atoms with van der Waals surface area (Å²) in [7, 11) is 0. The Morgan fingerprint density at radius 1 is 1.00 bits per heavy atom. The highest BCUT2D eigenvalue weighted by molar-refractivity contribution is 8.00. The quantitative estimate of drug-likeness (QED) is 0.394. The Balaban J connectivity index is 1.37. The maximum absolute atomic E-state index is 13.0. The van der Waals surface area contributed by atoms with E-state index in [1.165, 1.54) is 32.5 Å². The molecular weight excluding hydrogens is 388 g/mol. The molecule has 0 radical (unpaired) electrons. The van der Waals surface area contributed by atoms with Gasteiger partial charge in [-0.3, -0.25) is 4.79 Å². The summed E-state index contributed by atoms with van der Waals surface area (Å²) >= 11 is 1.64. The Hall–Kier alpha value is -2.98. The molecule has 0 bridgehead atoms. The van der Waals surface area contributed by atoms with Crippen LogP contribution in [0.3, 0.4) is 0 Å². The molecule has 0 unspecified atom stereocenters. The summed E-state index contributed by atoms with van der Waals surface area (Å²) in [6.45, 7) is 3.74. The van der Waals surface area contributed by atoms with E-state index >= 15 is 0 Å². The third-order valence-corrected chi connectivity index (χ3v) is 6.75. The Kier molecular flexibility index (Phi) is 5.09. The van der Waals surface area contributed by atoms with E-state index in [2.05, 4.69) is 78.4 Å². The average Bonchev–Trinajstić information content (AvgIpc) is 3.34. The van der Waals surface area contributed by atoms with Crippen molar-refractivity contribution in [2.75, 3.05) is 17.2 Å². The number of hydrogen-bond donors (Lipinski definition) is 0. The number of amides is 1. The number of aryl methyl sites for hydroxylation is 1. The number of hydrogen-bond acceptors (Lipinski definition) is 2. The lowest BCUT2D eigenvalue weighted by molar-refractivity contribution is -0.116. The fraction of sp³-hybridized carbons (Fsp3) is 0.192. The second kappa shape index (κ2) is 8.04. The number of carbonyl (C=O) groups excluding carboxylic acids is 1. The van der Waals surface area contributed by atoms with Crippen molar-refractivity contribution in [2.24, 2.45) is 0 Å². The summed E-state index contributed by atoms with van der Waals surface area (Å²) in [6, 6.07) is 25.3. The zero-order chi connectivity index (χ0) is 20.5. The third-order valence-electron chi connectivity index (χ3n) is 5.73. The van der Waals surface area contributed by atoms with Crippen LogP contribution in [-0.4, -0.2) is 22.8 Å². The van der Waals surface area contributed by atoms with Gasteiger partial charge in [-0.2, -0.15) is 0 Å². The molecule has 0 saturated carbocycles. The second-order valence-electron chi connectivity index (χ2n) is 7.84. The molecule has 4 heteroatoms. The van der Waals surface area contributed by atoms with Crippen molar-refractivity contribution < 1.29 is 4.79 Å². The SMILES string of the molecule is Cc1cccc(Cn2cc(SCC(=O)N3CCc4ccccc43)c3ccccc32)c1. The van der Waals surface area contributed by atoms with Gasteiger partial charge >= 0.3 is 0 Å². The molecule has 3 nitrogen and oxygen atoms in total. The van der Waals surface area contributed by atoms with E-state index in [9.17, 15) is 4.79 Å². The zero-order valence-corrected chi connectivity index (χ0v) is 17.9. The van der Waals surface area contributed by atoms with Gasteiger partial charge in [-0.15, -0.1) is 11.8 Å². The van der Waals surface area contributed by atoms with Crippen LogP contribution < -0.4 is 4.90 Å². The van der Waals surface area contributed by atoms with E-state index < -0.39 is 0 Å². The largest absolute Gasteiger partial charge is 0.342 e. The average molecular weight is 413 g/mol. The first kappa shape index (κ1) is 19.0. The molecule has 3 aromatic carbocycles. The van der Waals surface area contributed by atoms with Gasteiger partial charge in [0.15, 0.2) is 0 Å². The van der Waals surface area contributed by atoms with Gasteiger partial charge in [0.1, 0.15) is 0 Å². The number of carbonyl (C=O) groups is 1. The molecule has 1 aliphatic heterocycles. The lowest BCUT2D eigenvalue weighted by atomic mass is 10.1. The minimum Gasteiger partial charge on any atom is -0.342 e. The third kappa shape index (κ3) is 3.63. The van der Waals surface area contributed by atoms with Crippen LogP contribution in [0.25, 0.3) is 10.9 Å². The van der Waals surface area contributed by atoms with Crippen LogP contribution in [0.1, 0.15) is 16.7 Å². The molecule has 30 heavy (non-hydrogen) atoms. The summed E-state index contributed by atoms with van der Waals surface area (Å²) in [5, 5.41) is 1.21. The summed E-state index contributed by atoms with van der Waals surface area (Å²) < 4.78 is 2.29. The van der Waals surface area contributed by atoms with E-state index in [4.69, 9.17) is 0 Å². The van der Waals surface area contributed by atoms with Gasteiger partial charge in [0.25, 0.3) is 0 Å². The van der Waals surface area contributed by atoms with Crippen LogP contribution in [0.5, 0.6) is 0 Å². The summed E-state index contributed by atoms with van der Waals surface area (Å²) in [6.07, 6.45) is 3.14. The van der Waals surface area contributed by atoms with Crippen molar-refractivity contribution in [1.29, 1.82) is 0 Å². The molecule has 0 saturated heterocycles. The molecule has 2 heterocycles. The lowest BCUT2D eigenvalue weighted by Crippen LogP contribution is -2.30. The fourth-order valence-electron chi connectivity index (χ4n) is 4.28. The number of benzene rings is 3. The van der Waals surface area contributed by atoms with Crippen LogP contribution in [-0.2, 0) is 17.8 Å². The number of rotatable bonds is 5. The van der Waals surface area contributed by atoms with Gasteiger partial charge in [-0.05, 0) is 36.6 Å². The van der Waals surface area contributed by atoms with E-state index in [1.54, 1.807) is 11.8 Å². The molecule has 5 rings (SSSR count). The van der Waals surface area contributed by atoms with Gasteiger partial charge in [-0.1, -0.05) is 66.2 Å². The van der Waals surface area contributed by atoms with Crippen LogP contribution in [0, 0.1) is 6.92 Å². The van der Waals surface area contributed by atoms with Gasteiger partial charge < -0.3 is 9.47 Å². The highest BCUT2D eigenvalue weighted by atomic mass is 32.2. The van der Waals surface area contributed by atoms with Gasteiger partial charge in [-0.25, -0.2) is 0 Å². The number of nitrogens with zero attached hydrogens (tertiary/aromatic N) is 2. The Morgan fingerprint density at radius 3 is 2.73 bits per heavy atom. The minimum atomic E-state index is 0.181. The second-order valence-corrected chi connectivity index (χ2v) is 8.86. The molecule has 0 atom stereocenters. The first-order valence-corrected chi connectivity index (χ1v) is 11.3. The van der Waals surface area contributed by atoms with Crippen molar-refractivity contribution >= 4 is 34.3 Å². The van der Waals surface area contributed by atoms with Gasteiger partial charge in [0, 0.05) is 40.8 Å². The molecule has 1 aromatic heterocycles. The van der Waals surface area contributed by atoms with Crippen LogP contribution in [0.2, 0.25) is 0 Å². The van der Waals surface area contributed by atoms with Crippen molar-refractivity contribution in [2.45, 2.75) is 24.8 Å². The highest BCUT2D eigenvalue weighted by Crippen LogP contribution is 2.33. The fourth-order valence-corrected chi connectivity index (χ4v) is 5.25. The van der Waals surface area contributed by atoms with Crippen LogP contribution in [0.4, 0.5) is 5.69 Å². The van der Waals surface area contributed by atoms with Crippen LogP contribution in [0.15, 0.2) is 83.9 Å². The summed E-state index contributed by atoms with van der Waals surface area (Å²) in [4.78, 5) is 16.1. The van der Waals surface area contributed by atoms with E-state index in [0.717, 1.165) is 25.2 Å². The molecule has 150 valence electrons. The van der Waals surface area contributed by atoms with Crippen molar-refractivity contribution in [1.82, 2.24) is 4.57 Å². The maximum Gasteiger partial charge on any atom is 0.237 e. The molecular formula is C26H24N2OS. The molecule has 0 spiro atoms. The summed E-state index contributed by atoms with van der Waals surface area (Å²) in [5.41, 5.74) is 6.11. The first-order valence-electron chi connectivity index (χ1n) is 10.3. The van der Waals surface area contributed by atoms with Crippen LogP contribution >= 0.6 is 11.8 Å². The van der Waals surface area contributed by atoms with Gasteiger partial charge in [0.05, 0.1) is 5.75 Å². The number of fused-ring (bicyclic) bond motifs is 2. The highest BCUT2D eigenvalue weighted by Gasteiger charge is 2.24. The van der Waals surface area contributed by atoms with E-state index in [0.29, 0.717) is 5.75 Å². The lowest BCUT2D eigenvalue weighted by Gasteiger charge is -2.16. The Morgan fingerprint density at radius 2 is 1.83 bits per heavy atom. The van der Waals surface area contributed by atoms with E-state index in [-0.39, 0.29) is 5.91 Å². The standard InChI is InChI=1S/C26H24N2OS/c1-19-7-6-8-20(15-19)16-27-17-25(22-10-3-5-12-24(22)27)30-18-26(29)28-14-13-21-9-2-4-11-23(21)28/h2-12,15,17H,13-14,16,18H2,1H3. The zero-order valence-electron chi connectivity index (χ0n) is 17.0. The Bertz CT molecular complexity index is 1230. The van der Waals surface area contributed by atoms with Crippen molar-refractivity contribution in [3.63, 3.8) is 0 Å². The molecule has 0 fully saturated rings. The smallest absolute Gasteiger partial charge is 0.237 e. The van der Waals surface area contributed by atoms with E-state index in [1.807, 2.05) is 17.0 Å². The number of thioether (sulfide) groups is 1. The topological polar surface area (TPSA) is 25.2 Å². The predicted molar refractivity (Wildman–Crippen MR) is 125 cm³/mol. The van der Waals surface area contributed by atoms with Crippen molar-refractivity contribution in [3.8, 4) is 0 Å².